The molecule has 2 rings (SSSR count). The normalized spacial score (nSPS) is 10.9. The maximum absolute atomic E-state index is 5.57. The predicted molar refractivity (Wildman–Crippen MR) is 63.8 cm³/mol. The molecule has 0 amide bonds. The number of pyridine rings is 1. The number of aromatic nitrogens is 2. The number of thiazole rings is 1. The third-order valence-electron chi connectivity index (χ3n) is 2.15. The lowest BCUT2D eigenvalue weighted by molar-refractivity contribution is 0.823. The Bertz CT molecular complexity index is 445. The van der Waals surface area contributed by atoms with Crippen LogP contribution in [0.1, 0.15) is 25.5 Å². The van der Waals surface area contributed by atoms with Crippen molar-refractivity contribution in [3.63, 3.8) is 0 Å². The molecule has 78 valence electrons. The molecule has 2 heterocycles. The summed E-state index contributed by atoms with van der Waals surface area (Å²) in [5.74, 6) is 1.03. The van der Waals surface area contributed by atoms with Crippen LogP contribution >= 0.6 is 11.3 Å². The van der Waals surface area contributed by atoms with Gasteiger partial charge in [-0.25, -0.2) is 4.98 Å². The molecule has 15 heavy (non-hydrogen) atoms. The van der Waals surface area contributed by atoms with Crippen LogP contribution < -0.4 is 5.73 Å². The molecule has 0 radical (unpaired) electrons. The van der Waals surface area contributed by atoms with Crippen molar-refractivity contribution in [3.05, 3.63) is 29.4 Å². The van der Waals surface area contributed by atoms with Gasteiger partial charge in [0.25, 0.3) is 0 Å². The first-order chi connectivity index (χ1) is 7.16. The van der Waals surface area contributed by atoms with E-state index >= 15 is 0 Å². The molecule has 0 fully saturated rings. The molecule has 0 spiro atoms. The SMILES string of the molecule is CC(C)c1ccc(-c2nc(N)cs2)cn1. The van der Waals surface area contributed by atoms with Gasteiger partial charge in [0.2, 0.25) is 0 Å². The molecule has 3 nitrogen and oxygen atoms in total. The van der Waals surface area contributed by atoms with Crippen molar-refractivity contribution in [2.75, 3.05) is 5.73 Å². The molecule has 4 heteroatoms. The number of hydrogen-bond donors (Lipinski definition) is 1. The third kappa shape index (κ3) is 2.15. The number of anilines is 1. The van der Waals surface area contributed by atoms with Gasteiger partial charge in [-0.05, 0) is 18.1 Å². The number of nitrogens with two attached hydrogens (primary N) is 1. The van der Waals surface area contributed by atoms with E-state index in [1.807, 2.05) is 23.7 Å². The molecule has 2 N–H and O–H groups in total. The first-order valence-electron chi connectivity index (χ1n) is 4.84. The average molecular weight is 219 g/mol. The van der Waals surface area contributed by atoms with Gasteiger partial charge in [-0.15, -0.1) is 11.3 Å². The molecule has 0 saturated carbocycles. The molecular formula is C11H13N3S. The fourth-order valence-corrected chi connectivity index (χ4v) is 1.99. The van der Waals surface area contributed by atoms with Crippen LogP contribution in [0.5, 0.6) is 0 Å². The van der Waals surface area contributed by atoms with E-state index in [0.29, 0.717) is 11.7 Å². The number of rotatable bonds is 2. The largest absolute Gasteiger partial charge is 0.383 e. The van der Waals surface area contributed by atoms with Crippen molar-refractivity contribution in [2.45, 2.75) is 19.8 Å². The molecule has 0 bridgehead atoms. The monoisotopic (exact) mass is 219 g/mol. The summed E-state index contributed by atoms with van der Waals surface area (Å²) < 4.78 is 0. The van der Waals surface area contributed by atoms with Gasteiger partial charge in [0.15, 0.2) is 0 Å². The van der Waals surface area contributed by atoms with Gasteiger partial charge < -0.3 is 5.73 Å². The number of nitrogens with zero attached hydrogens (tertiary/aromatic N) is 2. The lowest BCUT2D eigenvalue weighted by Gasteiger charge is -2.03. The second-order valence-corrected chi connectivity index (χ2v) is 4.56. The molecular weight excluding hydrogens is 206 g/mol. The van der Waals surface area contributed by atoms with E-state index in [4.69, 9.17) is 5.73 Å². The Balaban J connectivity index is 2.31. The number of hydrogen-bond acceptors (Lipinski definition) is 4. The van der Waals surface area contributed by atoms with Crippen molar-refractivity contribution in [3.8, 4) is 10.6 Å². The molecule has 0 aliphatic rings. The van der Waals surface area contributed by atoms with Gasteiger partial charge in [-0.1, -0.05) is 13.8 Å². The Morgan fingerprint density at radius 2 is 2.13 bits per heavy atom. The summed E-state index contributed by atoms with van der Waals surface area (Å²) in [4.78, 5) is 8.60. The summed E-state index contributed by atoms with van der Waals surface area (Å²) >= 11 is 1.54. The second kappa shape index (κ2) is 3.98. The zero-order valence-corrected chi connectivity index (χ0v) is 9.58. The zero-order chi connectivity index (χ0) is 10.8. The van der Waals surface area contributed by atoms with Crippen LogP contribution in [-0.2, 0) is 0 Å². The quantitative estimate of drug-likeness (QED) is 0.845. The van der Waals surface area contributed by atoms with Crippen LogP contribution in [0.25, 0.3) is 10.6 Å². The summed E-state index contributed by atoms with van der Waals surface area (Å²) in [5.41, 5.74) is 7.70. The Hall–Kier alpha value is -1.42. The van der Waals surface area contributed by atoms with E-state index in [-0.39, 0.29) is 0 Å². The van der Waals surface area contributed by atoms with Crippen LogP contribution in [0.15, 0.2) is 23.7 Å². The highest BCUT2D eigenvalue weighted by molar-refractivity contribution is 7.13. The van der Waals surface area contributed by atoms with E-state index in [0.717, 1.165) is 16.3 Å². The van der Waals surface area contributed by atoms with Crippen LogP contribution in [0.3, 0.4) is 0 Å². The van der Waals surface area contributed by atoms with Crippen molar-refractivity contribution >= 4 is 17.2 Å². The highest BCUT2D eigenvalue weighted by Gasteiger charge is 2.05. The van der Waals surface area contributed by atoms with E-state index in [2.05, 4.69) is 23.8 Å². The zero-order valence-electron chi connectivity index (χ0n) is 8.77. The molecule has 0 unspecified atom stereocenters. The van der Waals surface area contributed by atoms with E-state index in [1.165, 1.54) is 0 Å². The van der Waals surface area contributed by atoms with Crippen LogP contribution in [-0.4, -0.2) is 9.97 Å². The van der Waals surface area contributed by atoms with Gasteiger partial charge in [0, 0.05) is 22.8 Å². The molecule has 2 aromatic rings. The lowest BCUT2D eigenvalue weighted by Crippen LogP contribution is -1.91. The Morgan fingerprint density at radius 1 is 1.33 bits per heavy atom. The highest BCUT2D eigenvalue weighted by Crippen LogP contribution is 2.24. The first kappa shape index (κ1) is 10.1. The standard InChI is InChI=1S/C11H13N3S/c1-7(2)9-4-3-8(5-13-9)11-14-10(12)6-15-11/h3-7H,12H2,1-2H3. The topological polar surface area (TPSA) is 51.8 Å². The van der Waals surface area contributed by atoms with Gasteiger partial charge in [-0.2, -0.15) is 0 Å². The summed E-state index contributed by atoms with van der Waals surface area (Å²) in [6.07, 6.45) is 1.85. The van der Waals surface area contributed by atoms with E-state index in [1.54, 1.807) is 11.3 Å². The minimum absolute atomic E-state index is 0.459. The Morgan fingerprint density at radius 3 is 2.60 bits per heavy atom. The van der Waals surface area contributed by atoms with Crippen molar-refractivity contribution in [2.24, 2.45) is 0 Å². The van der Waals surface area contributed by atoms with Crippen molar-refractivity contribution in [1.82, 2.24) is 9.97 Å². The summed E-state index contributed by atoms with van der Waals surface area (Å²) in [7, 11) is 0. The van der Waals surface area contributed by atoms with E-state index in [9.17, 15) is 0 Å². The van der Waals surface area contributed by atoms with E-state index < -0.39 is 0 Å². The smallest absolute Gasteiger partial charge is 0.135 e. The van der Waals surface area contributed by atoms with Gasteiger partial charge >= 0.3 is 0 Å². The van der Waals surface area contributed by atoms with Gasteiger partial charge in [0.05, 0.1) is 0 Å². The highest BCUT2D eigenvalue weighted by atomic mass is 32.1. The number of nitrogen functional groups attached to an aromatic ring is 1. The summed E-state index contributed by atoms with van der Waals surface area (Å²) in [5, 5.41) is 2.77. The molecule has 0 aliphatic heterocycles. The summed E-state index contributed by atoms with van der Waals surface area (Å²) in [6, 6.07) is 4.08. The Kier molecular flexibility index (Phi) is 2.68. The third-order valence-corrected chi connectivity index (χ3v) is 3.06. The predicted octanol–water partition coefficient (Wildman–Crippen LogP) is 2.91. The molecule has 0 atom stereocenters. The molecule has 0 aromatic carbocycles. The van der Waals surface area contributed by atoms with Crippen LogP contribution in [0.4, 0.5) is 5.82 Å². The van der Waals surface area contributed by atoms with Crippen molar-refractivity contribution in [1.29, 1.82) is 0 Å². The first-order valence-corrected chi connectivity index (χ1v) is 5.72. The van der Waals surface area contributed by atoms with Crippen molar-refractivity contribution < 1.29 is 0 Å². The second-order valence-electron chi connectivity index (χ2n) is 3.70. The maximum Gasteiger partial charge on any atom is 0.135 e. The van der Waals surface area contributed by atoms with Gasteiger partial charge in [0.1, 0.15) is 10.8 Å². The van der Waals surface area contributed by atoms with Crippen LogP contribution in [0.2, 0.25) is 0 Å². The molecule has 2 aromatic heterocycles. The fourth-order valence-electron chi connectivity index (χ4n) is 1.29. The van der Waals surface area contributed by atoms with Gasteiger partial charge in [-0.3, -0.25) is 4.98 Å². The Labute approximate surface area is 93.0 Å². The minimum Gasteiger partial charge on any atom is -0.383 e. The molecule has 0 saturated heterocycles. The summed E-state index contributed by atoms with van der Waals surface area (Å²) in [6.45, 7) is 4.26. The molecule has 0 aliphatic carbocycles. The van der Waals surface area contributed by atoms with Crippen LogP contribution in [0, 0.1) is 0 Å². The minimum atomic E-state index is 0.459. The lowest BCUT2D eigenvalue weighted by atomic mass is 10.1. The average Bonchev–Trinajstić information content (AvgIpc) is 2.65. The maximum atomic E-state index is 5.57. The fraction of sp³-hybridized carbons (Fsp3) is 0.273.